The minimum Gasteiger partial charge on any atom is -0.454 e. The average molecular weight is 446 g/mol. The summed E-state index contributed by atoms with van der Waals surface area (Å²) in [6, 6.07) is 11.6. The van der Waals surface area contributed by atoms with Crippen LogP contribution in [0.5, 0.6) is 11.5 Å². The number of benzene rings is 2. The number of carbonyl (C=O) groups excluding carboxylic acids is 2. The summed E-state index contributed by atoms with van der Waals surface area (Å²) in [6.07, 6.45) is 1.54. The highest BCUT2D eigenvalue weighted by Crippen LogP contribution is 2.32. The molecule has 0 fully saturated rings. The largest absolute Gasteiger partial charge is 0.454 e. The zero-order valence-corrected chi connectivity index (χ0v) is 17.0. The number of hydrazone groups is 1. The number of hydrogen-bond acceptors (Lipinski definition) is 5. The summed E-state index contributed by atoms with van der Waals surface area (Å²) < 4.78 is 11.5. The molecule has 1 atom stereocenters. The van der Waals surface area contributed by atoms with Crippen molar-refractivity contribution in [3.8, 4) is 11.5 Å². The molecule has 2 amide bonds. The highest BCUT2D eigenvalue weighted by molar-refractivity contribution is 9.10. The van der Waals surface area contributed by atoms with Crippen molar-refractivity contribution in [3.05, 3.63) is 58.1 Å². The quantitative estimate of drug-likeness (QED) is 0.528. The van der Waals surface area contributed by atoms with Crippen LogP contribution < -0.4 is 20.2 Å². The Morgan fingerprint density at radius 1 is 1.11 bits per heavy atom. The molecule has 1 heterocycles. The highest BCUT2D eigenvalue weighted by atomic mass is 79.9. The van der Waals surface area contributed by atoms with E-state index in [2.05, 4.69) is 31.8 Å². The van der Waals surface area contributed by atoms with Crippen LogP contribution in [0.2, 0.25) is 0 Å². The van der Waals surface area contributed by atoms with Crippen LogP contribution in [0.15, 0.2) is 52.0 Å². The van der Waals surface area contributed by atoms with E-state index in [4.69, 9.17) is 9.47 Å². The van der Waals surface area contributed by atoms with E-state index in [1.54, 1.807) is 24.4 Å². The minimum absolute atomic E-state index is 0.124. The van der Waals surface area contributed by atoms with Gasteiger partial charge >= 0.3 is 0 Å². The first-order valence-corrected chi connectivity index (χ1v) is 9.52. The first-order chi connectivity index (χ1) is 13.4. The summed E-state index contributed by atoms with van der Waals surface area (Å²) in [6.45, 7) is 3.83. The molecule has 1 aliphatic rings. The van der Waals surface area contributed by atoms with Gasteiger partial charge in [-0.05, 0) is 41.8 Å². The van der Waals surface area contributed by atoms with Crippen LogP contribution in [0.25, 0.3) is 0 Å². The van der Waals surface area contributed by atoms with Gasteiger partial charge in [0, 0.05) is 10.0 Å². The van der Waals surface area contributed by atoms with Crippen LogP contribution in [0.1, 0.15) is 29.8 Å². The van der Waals surface area contributed by atoms with E-state index in [0.717, 1.165) is 10.0 Å². The number of ether oxygens (including phenoxy) is 2. The minimum atomic E-state index is -0.736. The zero-order chi connectivity index (χ0) is 20.1. The molecule has 2 aromatic carbocycles. The predicted molar refractivity (Wildman–Crippen MR) is 109 cm³/mol. The average Bonchev–Trinajstić information content (AvgIpc) is 3.14. The molecule has 3 rings (SSSR count). The van der Waals surface area contributed by atoms with Crippen LogP contribution in [-0.2, 0) is 4.79 Å². The lowest BCUT2D eigenvalue weighted by Crippen LogP contribution is -2.48. The van der Waals surface area contributed by atoms with Gasteiger partial charge < -0.3 is 14.8 Å². The van der Waals surface area contributed by atoms with E-state index in [-0.39, 0.29) is 18.6 Å². The lowest BCUT2D eigenvalue weighted by Gasteiger charge is -2.20. The van der Waals surface area contributed by atoms with Gasteiger partial charge in [0.2, 0.25) is 6.79 Å². The van der Waals surface area contributed by atoms with E-state index in [1.807, 2.05) is 38.1 Å². The number of fused-ring (bicyclic) bond motifs is 1. The Kier molecular flexibility index (Phi) is 6.30. The number of hydrogen-bond donors (Lipinski definition) is 2. The van der Waals surface area contributed by atoms with E-state index >= 15 is 0 Å². The maximum Gasteiger partial charge on any atom is 0.262 e. The Morgan fingerprint density at radius 3 is 2.54 bits per heavy atom. The molecular weight excluding hydrogens is 426 g/mol. The fraction of sp³-hybridized carbons (Fsp3) is 0.250. The third-order valence-corrected chi connectivity index (χ3v) is 4.66. The van der Waals surface area contributed by atoms with E-state index in [0.29, 0.717) is 17.1 Å². The van der Waals surface area contributed by atoms with Crippen molar-refractivity contribution in [3.63, 3.8) is 0 Å². The van der Waals surface area contributed by atoms with Crippen molar-refractivity contribution in [1.29, 1.82) is 0 Å². The third-order valence-electron chi connectivity index (χ3n) is 4.13. The molecule has 8 heteroatoms. The van der Waals surface area contributed by atoms with E-state index < -0.39 is 11.9 Å². The van der Waals surface area contributed by atoms with Crippen molar-refractivity contribution in [1.82, 2.24) is 10.7 Å². The maximum absolute atomic E-state index is 12.6. The lowest BCUT2D eigenvalue weighted by atomic mass is 10.0. The van der Waals surface area contributed by atoms with Crippen LogP contribution in [-0.4, -0.2) is 30.9 Å². The van der Waals surface area contributed by atoms with Crippen molar-refractivity contribution < 1.29 is 19.1 Å². The van der Waals surface area contributed by atoms with Gasteiger partial charge in [-0.1, -0.05) is 41.9 Å². The van der Waals surface area contributed by atoms with Gasteiger partial charge in [-0.25, -0.2) is 5.43 Å². The van der Waals surface area contributed by atoms with E-state index in [1.165, 1.54) is 0 Å². The number of nitrogens with zero attached hydrogens (tertiary/aromatic N) is 1. The molecule has 0 radical (unpaired) electrons. The Bertz CT molecular complexity index is 897. The molecule has 0 saturated heterocycles. The standard InChI is InChI=1S/C20H20BrN3O4/c1-12(2)18(20(26)24-22-10-13-3-6-15(21)7-4-13)23-19(25)14-5-8-16-17(9-14)28-11-27-16/h3-10,12,18H,11H2,1-2H3,(H,23,25)(H,24,26)/b22-10+/t18-/m1/s1. The molecule has 28 heavy (non-hydrogen) atoms. The summed E-state index contributed by atoms with van der Waals surface area (Å²) in [5, 5.41) is 6.73. The maximum atomic E-state index is 12.6. The van der Waals surface area contributed by atoms with Crippen LogP contribution in [0.3, 0.4) is 0 Å². The predicted octanol–water partition coefficient (Wildman–Crippen LogP) is 3.08. The molecule has 7 nitrogen and oxygen atoms in total. The fourth-order valence-corrected chi connectivity index (χ4v) is 2.85. The first kappa shape index (κ1) is 19.9. The van der Waals surface area contributed by atoms with Crippen LogP contribution >= 0.6 is 15.9 Å². The number of amides is 2. The first-order valence-electron chi connectivity index (χ1n) is 8.73. The Morgan fingerprint density at radius 2 is 1.82 bits per heavy atom. The summed E-state index contributed by atoms with van der Waals surface area (Å²) in [4.78, 5) is 25.1. The second kappa shape index (κ2) is 8.88. The topological polar surface area (TPSA) is 89.0 Å². The van der Waals surface area contributed by atoms with Gasteiger partial charge in [0.05, 0.1) is 6.21 Å². The van der Waals surface area contributed by atoms with Crippen molar-refractivity contribution in [2.75, 3.05) is 6.79 Å². The molecule has 1 aliphatic heterocycles. The monoisotopic (exact) mass is 445 g/mol. The molecule has 0 unspecified atom stereocenters. The molecule has 0 aliphatic carbocycles. The Hall–Kier alpha value is -2.87. The Labute approximate surface area is 171 Å². The second-order valence-electron chi connectivity index (χ2n) is 6.55. The molecular formula is C20H20BrN3O4. The second-order valence-corrected chi connectivity index (χ2v) is 7.46. The Balaban J connectivity index is 1.62. The van der Waals surface area contributed by atoms with Crippen molar-refractivity contribution in [2.45, 2.75) is 19.9 Å². The number of rotatable bonds is 6. The van der Waals surface area contributed by atoms with Gasteiger partial charge in [0.25, 0.3) is 11.8 Å². The zero-order valence-electron chi connectivity index (χ0n) is 15.4. The highest BCUT2D eigenvalue weighted by Gasteiger charge is 2.25. The third kappa shape index (κ3) is 4.89. The van der Waals surface area contributed by atoms with Gasteiger partial charge in [0.1, 0.15) is 6.04 Å². The summed E-state index contributed by atoms with van der Waals surface area (Å²) >= 11 is 3.36. The van der Waals surface area contributed by atoms with E-state index in [9.17, 15) is 9.59 Å². The number of halogens is 1. The molecule has 2 aromatic rings. The lowest BCUT2D eigenvalue weighted by molar-refractivity contribution is -0.123. The SMILES string of the molecule is CC(C)[C@@H](NC(=O)c1ccc2c(c1)OCO2)C(=O)N/N=C/c1ccc(Br)cc1. The van der Waals surface area contributed by atoms with Gasteiger partial charge in [0.15, 0.2) is 11.5 Å². The summed E-state index contributed by atoms with van der Waals surface area (Å²) in [5.74, 6) is 0.219. The molecule has 0 saturated carbocycles. The molecule has 0 aromatic heterocycles. The van der Waals surface area contributed by atoms with Crippen molar-refractivity contribution in [2.24, 2.45) is 11.0 Å². The van der Waals surface area contributed by atoms with Gasteiger partial charge in [-0.2, -0.15) is 5.10 Å². The molecule has 146 valence electrons. The van der Waals surface area contributed by atoms with Gasteiger partial charge in [-0.3, -0.25) is 9.59 Å². The van der Waals surface area contributed by atoms with Crippen molar-refractivity contribution >= 4 is 34.0 Å². The van der Waals surface area contributed by atoms with Gasteiger partial charge in [-0.15, -0.1) is 0 Å². The van der Waals surface area contributed by atoms with Crippen LogP contribution in [0.4, 0.5) is 0 Å². The molecule has 0 bridgehead atoms. The molecule has 0 spiro atoms. The molecule has 2 N–H and O–H groups in total. The smallest absolute Gasteiger partial charge is 0.262 e. The number of carbonyl (C=O) groups is 2. The summed E-state index contributed by atoms with van der Waals surface area (Å²) in [5.41, 5.74) is 3.72. The normalized spacial score (nSPS) is 13.6. The van der Waals surface area contributed by atoms with Crippen LogP contribution in [0, 0.1) is 5.92 Å². The number of nitrogens with one attached hydrogen (secondary N) is 2. The fourth-order valence-electron chi connectivity index (χ4n) is 2.59. The summed E-state index contributed by atoms with van der Waals surface area (Å²) in [7, 11) is 0.